The first-order chi connectivity index (χ1) is 5.36. The summed E-state index contributed by atoms with van der Waals surface area (Å²) < 4.78 is 0. The van der Waals surface area contributed by atoms with E-state index in [9.17, 15) is 0 Å². The van der Waals surface area contributed by atoms with Crippen LogP contribution >= 0.6 is 12.2 Å². The van der Waals surface area contributed by atoms with Crippen LogP contribution in [-0.2, 0) is 0 Å². The van der Waals surface area contributed by atoms with E-state index in [1.54, 1.807) is 0 Å². The summed E-state index contributed by atoms with van der Waals surface area (Å²) in [5.74, 6) is 0.825. The zero-order valence-corrected chi connectivity index (χ0v) is 9.92. The SMILES string of the molecule is CC(=S)C(C)(C)CCCC(C)C. The third-order valence-corrected chi connectivity index (χ3v) is 3.09. The first kappa shape index (κ1) is 12.1. The Morgan fingerprint density at radius 3 is 2.17 bits per heavy atom. The van der Waals surface area contributed by atoms with Gasteiger partial charge in [-0.1, -0.05) is 52.8 Å². The number of thiocarbonyl (C=S) groups is 1. The van der Waals surface area contributed by atoms with Crippen LogP contribution in [-0.4, -0.2) is 4.86 Å². The van der Waals surface area contributed by atoms with Gasteiger partial charge in [-0.25, -0.2) is 0 Å². The summed E-state index contributed by atoms with van der Waals surface area (Å²) in [7, 11) is 0. The van der Waals surface area contributed by atoms with Gasteiger partial charge in [0.2, 0.25) is 0 Å². The summed E-state index contributed by atoms with van der Waals surface area (Å²) in [4.78, 5) is 1.14. The zero-order valence-electron chi connectivity index (χ0n) is 9.11. The highest BCUT2D eigenvalue weighted by molar-refractivity contribution is 7.80. The lowest BCUT2D eigenvalue weighted by atomic mass is 9.83. The van der Waals surface area contributed by atoms with Gasteiger partial charge in [-0.3, -0.25) is 0 Å². The molecule has 0 heterocycles. The van der Waals surface area contributed by atoms with Gasteiger partial charge in [-0.15, -0.1) is 0 Å². The third kappa shape index (κ3) is 4.87. The fourth-order valence-corrected chi connectivity index (χ4v) is 1.23. The second-order valence-electron chi connectivity index (χ2n) is 4.73. The maximum atomic E-state index is 5.21. The van der Waals surface area contributed by atoms with Crippen molar-refractivity contribution in [1.82, 2.24) is 0 Å². The Morgan fingerprint density at radius 1 is 1.33 bits per heavy atom. The predicted octanol–water partition coefficient (Wildman–Crippen LogP) is 4.23. The van der Waals surface area contributed by atoms with E-state index in [0.717, 1.165) is 10.8 Å². The van der Waals surface area contributed by atoms with Gasteiger partial charge in [0, 0.05) is 0 Å². The van der Waals surface area contributed by atoms with Crippen molar-refractivity contribution in [1.29, 1.82) is 0 Å². The molecule has 0 N–H and O–H groups in total. The van der Waals surface area contributed by atoms with Crippen molar-refractivity contribution in [2.45, 2.75) is 53.9 Å². The Bertz CT molecular complexity index is 145. The zero-order chi connectivity index (χ0) is 9.78. The first-order valence-electron chi connectivity index (χ1n) is 4.87. The topological polar surface area (TPSA) is 0 Å². The second-order valence-corrected chi connectivity index (χ2v) is 5.34. The lowest BCUT2D eigenvalue weighted by molar-refractivity contribution is 0.423. The highest BCUT2D eigenvalue weighted by Crippen LogP contribution is 2.26. The molecule has 0 aliphatic heterocycles. The van der Waals surface area contributed by atoms with E-state index in [4.69, 9.17) is 12.2 Å². The molecular weight excluding hydrogens is 164 g/mol. The minimum atomic E-state index is 0.268. The van der Waals surface area contributed by atoms with Gasteiger partial charge in [-0.2, -0.15) is 0 Å². The molecule has 0 rings (SSSR count). The Morgan fingerprint density at radius 2 is 1.83 bits per heavy atom. The largest absolute Gasteiger partial charge is 0.0894 e. The molecule has 0 bridgehead atoms. The van der Waals surface area contributed by atoms with Crippen LogP contribution in [0.1, 0.15) is 53.9 Å². The van der Waals surface area contributed by atoms with Gasteiger partial charge in [0.25, 0.3) is 0 Å². The molecule has 0 amide bonds. The van der Waals surface area contributed by atoms with E-state index >= 15 is 0 Å². The van der Waals surface area contributed by atoms with Crippen LogP contribution < -0.4 is 0 Å². The van der Waals surface area contributed by atoms with Gasteiger partial charge in [0.15, 0.2) is 0 Å². The molecule has 1 heteroatoms. The Hall–Kier alpha value is 0.0900. The molecule has 0 atom stereocenters. The molecule has 0 aliphatic rings. The molecule has 72 valence electrons. The number of hydrogen-bond donors (Lipinski definition) is 0. The van der Waals surface area contributed by atoms with E-state index < -0.39 is 0 Å². The molecule has 0 fully saturated rings. The van der Waals surface area contributed by atoms with E-state index in [-0.39, 0.29) is 5.41 Å². The lowest BCUT2D eigenvalue weighted by Gasteiger charge is -2.23. The number of hydrogen-bond acceptors (Lipinski definition) is 1. The van der Waals surface area contributed by atoms with Crippen molar-refractivity contribution in [3.63, 3.8) is 0 Å². The predicted molar refractivity (Wildman–Crippen MR) is 60.7 cm³/mol. The molecule has 0 aromatic heterocycles. The molecule has 0 aromatic carbocycles. The molecular formula is C11H22S. The van der Waals surface area contributed by atoms with Gasteiger partial charge in [-0.05, 0) is 29.5 Å². The molecule has 0 saturated heterocycles. The van der Waals surface area contributed by atoms with Crippen LogP contribution in [0.2, 0.25) is 0 Å². The van der Waals surface area contributed by atoms with Crippen molar-refractivity contribution in [2.75, 3.05) is 0 Å². The van der Waals surface area contributed by atoms with Crippen LogP contribution in [0.25, 0.3) is 0 Å². The minimum absolute atomic E-state index is 0.268. The second kappa shape index (κ2) is 4.96. The van der Waals surface area contributed by atoms with Crippen LogP contribution in [0, 0.1) is 11.3 Å². The fraction of sp³-hybridized carbons (Fsp3) is 0.909. The van der Waals surface area contributed by atoms with Crippen molar-refractivity contribution in [3.05, 3.63) is 0 Å². The highest BCUT2D eigenvalue weighted by Gasteiger charge is 2.19. The Kier molecular flexibility index (Phi) is 5.00. The first-order valence-corrected chi connectivity index (χ1v) is 5.28. The van der Waals surface area contributed by atoms with E-state index in [2.05, 4.69) is 34.6 Å². The minimum Gasteiger partial charge on any atom is -0.0894 e. The van der Waals surface area contributed by atoms with Gasteiger partial charge >= 0.3 is 0 Å². The molecule has 0 unspecified atom stereocenters. The molecule has 12 heavy (non-hydrogen) atoms. The maximum absolute atomic E-state index is 5.21. The monoisotopic (exact) mass is 186 g/mol. The van der Waals surface area contributed by atoms with E-state index in [1.165, 1.54) is 19.3 Å². The molecule has 0 aliphatic carbocycles. The van der Waals surface area contributed by atoms with Crippen molar-refractivity contribution >= 4 is 17.1 Å². The Labute approximate surface area is 82.7 Å². The van der Waals surface area contributed by atoms with Crippen LogP contribution in [0.3, 0.4) is 0 Å². The van der Waals surface area contributed by atoms with Crippen LogP contribution in [0.4, 0.5) is 0 Å². The summed E-state index contributed by atoms with van der Waals surface area (Å²) in [5, 5.41) is 0. The third-order valence-electron chi connectivity index (χ3n) is 2.54. The van der Waals surface area contributed by atoms with Gasteiger partial charge in [0.05, 0.1) is 0 Å². The molecule has 0 saturated carbocycles. The summed E-state index contributed by atoms with van der Waals surface area (Å²) >= 11 is 5.21. The Balaban J connectivity index is 3.69. The van der Waals surface area contributed by atoms with Crippen molar-refractivity contribution in [3.8, 4) is 0 Å². The molecule has 0 spiro atoms. The standard InChI is InChI=1S/C11H22S/c1-9(2)7-6-8-11(4,5)10(3)12/h9H,6-8H2,1-5H3. The van der Waals surface area contributed by atoms with Gasteiger partial charge in [0.1, 0.15) is 0 Å². The number of rotatable bonds is 5. The smallest absolute Gasteiger partial charge is 0.00427 e. The summed E-state index contributed by atoms with van der Waals surface area (Å²) in [5.41, 5.74) is 0.268. The van der Waals surface area contributed by atoms with E-state index in [1.807, 2.05) is 0 Å². The lowest BCUT2D eigenvalue weighted by Crippen LogP contribution is -2.19. The van der Waals surface area contributed by atoms with Crippen molar-refractivity contribution < 1.29 is 0 Å². The van der Waals surface area contributed by atoms with Crippen molar-refractivity contribution in [2.24, 2.45) is 11.3 Å². The molecule has 0 aromatic rings. The quantitative estimate of drug-likeness (QED) is 0.579. The summed E-state index contributed by atoms with van der Waals surface area (Å²) in [6.07, 6.45) is 3.87. The average molecular weight is 186 g/mol. The van der Waals surface area contributed by atoms with Crippen LogP contribution in [0.5, 0.6) is 0 Å². The average Bonchev–Trinajstić information content (AvgIpc) is 1.85. The van der Waals surface area contributed by atoms with Crippen LogP contribution in [0.15, 0.2) is 0 Å². The maximum Gasteiger partial charge on any atom is -0.00427 e. The molecule has 0 radical (unpaired) electrons. The molecule has 0 nitrogen and oxygen atoms in total. The normalized spacial score (nSPS) is 12.2. The highest BCUT2D eigenvalue weighted by atomic mass is 32.1. The fourth-order valence-electron chi connectivity index (χ4n) is 1.13. The summed E-state index contributed by atoms with van der Waals surface area (Å²) in [6.45, 7) is 11.1. The van der Waals surface area contributed by atoms with E-state index in [0.29, 0.717) is 0 Å². The summed E-state index contributed by atoms with van der Waals surface area (Å²) in [6, 6.07) is 0. The van der Waals surface area contributed by atoms with Gasteiger partial charge < -0.3 is 0 Å².